The SMILES string of the molecule is O=C(Cc1cnn(Cc2ccncc2)c1)c1cc(C(=O)c2c(Cl)ccc(Cl)c2F)c[nH]1. The van der Waals surface area contributed by atoms with Crippen molar-refractivity contribution in [1.82, 2.24) is 19.7 Å². The lowest BCUT2D eigenvalue weighted by Gasteiger charge is -2.05. The van der Waals surface area contributed by atoms with Gasteiger partial charge in [0.15, 0.2) is 17.4 Å². The molecule has 3 heterocycles. The standard InChI is InChI=1S/C22H15Cl2FN4O2/c23-16-1-2-17(24)21(25)20(16)22(31)15-8-18(27-10-15)19(30)7-14-9-28-29(12-14)11-13-3-5-26-6-4-13/h1-6,8-10,12,27H,7,11H2. The summed E-state index contributed by atoms with van der Waals surface area (Å²) < 4.78 is 16.0. The van der Waals surface area contributed by atoms with Gasteiger partial charge in [-0.15, -0.1) is 0 Å². The number of halogens is 3. The lowest BCUT2D eigenvalue weighted by atomic mass is 10.0. The Morgan fingerprint density at radius 1 is 1.06 bits per heavy atom. The van der Waals surface area contributed by atoms with Crippen molar-refractivity contribution >= 4 is 34.8 Å². The van der Waals surface area contributed by atoms with Crippen LogP contribution in [-0.4, -0.2) is 31.3 Å². The Hall–Kier alpha value is -3.29. The van der Waals surface area contributed by atoms with Crippen molar-refractivity contribution in [3.8, 4) is 0 Å². The summed E-state index contributed by atoms with van der Waals surface area (Å²) in [6, 6.07) is 7.78. The number of nitrogens with one attached hydrogen (secondary N) is 1. The Bertz CT molecular complexity index is 1270. The average molecular weight is 457 g/mol. The molecule has 0 aliphatic carbocycles. The second kappa shape index (κ2) is 8.83. The molecule has 4 rings (SSSR count). The highest BCUT2D eigenvalue weighted by atomic mass is 35.5. The fourth-order valence-corrected chi connectivity index (χ4v) is 3.50. The van der Waals surface area contributed by atoms with Crippen molar-refractivity contribution in [2.75, 3.05) is 0 Å². The number of pyridine rings is 1. The predicted octanol–water partition coefficient (Wildman–Crippen LogP) is 4.76. The first-order chi connectivity index (χ1) is 14.9. The van der Waals surface area contributed by atoms with E-state index in [0.717, 1.165) is 11.1 Å². The highest BCUT2D eigenvalue weighted by Crippen LogP contribution is 2.28. The van der Waals surface area contributed by atoms with E-state index >= 15 is 0 Å². The molecule has 156 valence electrons. The number of Topliss-reactive ketones (excluding diaryl/α,β-unsaturated/α-hetero) is 1. The predicted molar refractivity (Wildman–Crippen MR) is 114 cm³/mol. The van der Waals surface area contributed by atoms with Gasteiger partial charge in [0.2, 0.25) is 0 Å². The van der Waals surface area contributed by atoms with Crippen LogP contribution in [0, 0.1) is 5.82 Å². The van der Waals surface area contributed by atoms with Crippen LogP contribution >= 0.6 is 23.2 Å². The number of nitrogens with zero attached hydrogens (tertiary/aromatic N) is 3. The normalized spacial score (nSPS) is 10.9. The van der Waals surface area contributed by atoms with Gasteiger partial charge in [-0.1, -0.05) is 23.2 Å². The zero-order chi connectivity index (χ0) is 22.0. The molecule has 0 spiro atoms. The van der Waals surface area contributed by atoms with E-state index in [4.69, 9.17) is 23.2 Å². The molecule has 0 radical (unpaired) electrons. The van der Waals surface area contributed by atoms with E-state index in [1.807, 2.05) is 12.1 Å². The van der Waals surface area contributed by atoms with E-state index in [0.29, 0.717) is 6.54 Å². The van der Waals surface area contributed by atoms with Crippen molar-refractivity contribution in [3.63, 3.8) is 0 Å². The molecule has 0 amide bonds. The zero-order valence-corrected chi connectivity index (χ0v) is 17.5. The average Bonchev–Trinajstić information content (AvgIpc) is 3.42. The molecule has 9 heteroatoms. The number of benzene rings is 1. The number of aromatic amines is 1. The summed E-state index contributed by atoms with van der Waals surface area (Å²) in [6.45, 7) is 0.559. The second-order valence-corrected chi connectivity index (χ2v) is 7.67. The highest BCUT2D eigenvalue weighted by Gasteiger charge is 2.22. The number of ketones is 2. The number of carbonyl (C=O) groups excluding carboxylic acids is 2. The molecular weight excluding hydrogens is 442 g/mol. The minimum atomic E-state index is -0.894. The topological polar surface area (TPSA) is 80.6 Å². The monoisotopic (exact) mass is 456 g/mol. The molecule has 0 bridgehead atoms. The first-order valence-electron chi connectivity index (χ1n) is 9.22. The van der Waals surface area contributed by atoms with E-state index in [1.165, 1.54) is 24.4 Å². The van der Waals surface area contributed by atoms with Crippen LogP contribution in [0.4, 0.5) is 4.39 Å². The number of carbonyl (C=O) groups is 2. The van der Waals surface area contributed by atoms with Crippen LogP contribution in [0.2, 0.25) is 10.0 Å². The molecule has 31 heavy (non-hydrogen) atoms. The maximum Gasteiger partial charge on any atom is 0.199 e. The van der Waals surface area contributed by atoms with Crippen LogP contribution in [0.15, 0.2) is 61.3 Å². The fourth-order valence-electron chi connectivity index (χ4n) is 3.11. The maximum absolute atomic E-state index is 14.3. The molecule has 3 aromatic heterocycles. The van der Waals surface area contributed by atoms with Crippen LogP contribution in [0.25, 0.3) is 0 Å². The quantitative estimate of drug-likeness (QED) is 0.321. The van der Waals surface area contributed by atoms with Gasteiger partial charge in [0.25, 0.3) is 0 Å². The summed E-state index contributed by atoms with van der Waals surface area (Å²) in [4.78, 5) is 32.1. The summed E-state index contributed by atoms with van der Waals surface area (Å²) in [5, 5.41) is 4.01. The van der Waals surface area contributed by atoms with E-state index in [2.05, 4.69) is 15.1 Å². The fraction of sp³-hybridized carbons (Fsp3) is 0.0909. The van der Waals surface area contributed by atoms with Gasteiger partial charge in [-0.2, -0.15) is 5.10 Å². The smallest absolute Gasteiger partial charge is 0.199 e. The van der Waals surface area contributed by atoms with Gasteiger partial charge in [0, 0.05) is 36.8 Å². The summed E-state index contributed by atoms with van der Waals surface area (Å²) >= 11 is 11.7. The Kier molecular flexibility index (Phi) is 5.97. The molecule has 4 aromatic rings. The minimum Gasteiger partial charge on any atom is -0.358 e. The number of aromatic nitrogens is 4. The molecule has 0 saturated carbocycles. The third-order valence-electron chi connectivity index (χ3n) is 4.66. The summed E-state index contributed by atoms with van der Waals surface area (Å²) in [5.41, 5.74) is 1.77. The number of H-pyrrole nitrogens is 1. The summed E-state index contributed by atoms with van der Waals surface area (Å²) in [5.74, 6) is -1.79. The van der Waals surface area contributed by atoms with Gasteiger partial charge >= 0.3 is 0 Å². The van der Waals surface area contributed by atoms with Gasteiger partial charge in [-0.25, -0.2) is 4.39 Å². The van der Waals surface area contributed by atoms with Crippen molar-refractivity contribution in [2.45, 2.75) is 13.0 Å². The second-order valence-electron chi connectivity index (χ2n) is 6.85. The molecular formula is C22H15Cl2FN4O2. The summed E-state index contributed by atoms with van der Waals surface area (Å²) in [7, 11) is 0. The molecule has 1 aromatic carbocycles. The van der Waals surface area contributed by atoms with Crippen molar-refractivity contribution < 1.29 is 14.0 Å². The van der Waals surface area contributed by atoms with Gasteiger partial charge in [0.05, 0.1) is 34.0 Å². The molecule has 6 nitrogen and oxygen atoms in total. The van der Waals surface area contributed by atoms with E-state index < -0.39 is 11.6 Å². The molecule has 0 unspecified atom stereocenters. The highest BCUT2D eigenvalue weighted by molar-refractivity contribution is 6.37. The van der Waals surface area contributed by atoms with Crippen LogP contribution in [-0.2, 0) is 13.0 Å². The molecule has 0 fully saturated rings. The van der Waals surface area contributed by atoms with Crippen molar-refractivity contribution in [1.29, 1.82) is 0 Å². The van der Waals surface area contributed by atoms with Crippen LogP contribution < -0.4 is 0 Å². The van der Waals surface area contributed by atoms with Crippen LogP contribution in [0.5, 0.6) is 0 Å². The lowest BCUT2D eigenvalue weighted by molar-refractivity contribution is 0.0988. The van der Waals surface area contributed by atoms with E-state index in [-0.39, 0.29) is 39.1 Å². The lowest BCUT2D eigenvalue weighted by Crippen LogP contribution is -2.06. The van der Waals surface area contributed by atoms with E-state index in [1.54, 1.807) is 29.5 Å². The molecule has 0 aliphatic rings. The molecule has 1 N–H and O–H groups in total. The van der Waals surface area contributed by atoms with Crippen LogP contribution in [0.3, 0.4) is 0 Å². The van der Waals surface area contributed by atoms with Gasteiger partial charge in [0.1, 0.15) is 0 Å². The number of hydrogen-bond acceptors (Lipinski definition) is 4. The summed E-state index contributed by atoms with van der Waals surface area (Å²) in [6.07, 6.45) is 8.26. The van der Waals surface area contributed by atoms with Gasteiger partial charge in [-0.3, -0.25) is 19.3 Å². The third-order valence-corrected chi connectivity index (χ3v) is 5.27. The Morgan fingerprint density at radius 2 is 1.81 bits per heavy atom. The molecule has 0 aliphatic heterocycles. The maximum atomic E-state index is 14.3. The molecule has 0 saturated heterocycles. The number of rotatable bonds is 7. The Morgan fingerprint density at radius 3 is 2.58 bits per heavy atom. The largest absolute Gasteiger partial charge is 0.358 e. The van der Waals surface area contributed by atoms with Crippen molar-refractivity contribution in [3.05, 3.63) is 105 Å². The molecule has 0 atom stereocenters. The zero-order valence-electron chi connectivity index (χ0n) is 16.0. The van der Waals surface area contributed by atoms with Gasteiger partial charge < -0.3 is 4.98 Å². The van der Waals surface area contributed by atoms with Crippen molar-refractivity contribution in [2.24, 2.45) is 0 Å². The first-order valence-corrected chi connectivity index (χ1v) is 9.98. The third kappa shape index (κ3) is 4.57. The minimum absolute atomic E-state index is 0.0532. The number of hydrogen-bond donors (Lipinski definition) is 1. The van der Waals surface area contributed by atoms with Crippen LogP contribution in [0.1, 0.15) is 37.5 Å². The van der Waals surface area contributed by atoms with E-state index in [9.17, 15) is 14.0 Å². The Balaban J connectivity index is 1.47. The first kappa shape index (κ1) is 21.0. The van der Waals surface area contributed by atoms with Gasteiger partial charge in [-0.05, 0) is 41.5 Å². The Labute approximate surface area is 186 Å².